The van der Waals surface area contributed by atoms with Crippen molar-refractivity contribution in [2.45, 2.75) is 53.5 Å². The summed E-state index contributed by atoms with van der Waals surface area (Å²) < 4.78 is 5.51. The molecule has 5 heteroatoms. The summed E-state index contributed by atoms with van der Waals surface area (Å²) in [6.45, 7) is 14.0. The summed E-state index contributed by atoms with van der Waals surface area (Å²) in [4.78, 5) is 19.3. The van der Waals surface area contributed by atoms with Gasteiger partial charge in [-0.25, -0.2) is 4.99 Å². The molecular formula is C20H33N3O2. The number of amidine groups is 1. The van der Waals surface area contributed by atoms with Crippen LogP contribution in [0.4, 0.5) is 0 Å². The third kappa shape index (κ3) is 8.16. The number of aliphatic imine (C=N–C) groups is 1. The van der Waals surface area contributed by atoms with E-state index in [9.17, 15) is 4.79 Å². The molecule has 0 aliphatic rings. The van der Waals surface area contributed by atoms with Gasteiger partial charge in [0.2, 0.25) is 0 Å². The molecule has 0 saturated carbocycles. The fraction of sp³-hybridized carbons (Fsp3) is 0.600. The van der Waals surface area contributed by atoms with Gasteiger partial charge in [0.15, 0.2) is 0 Å². The van der Waals surface area contributed by atoms with Crippen LogP contribution in [-0.4, -0.2) is 49.1 Å². The van der Waals surface area contributed by atoms with Gasteiger partial charge in [-0.1, -0.05) is 31.5 Å². The monoisotopic (exact) mass is 347 g/mol. The van der Waals surface area contributed by atoms with Crippen LogP contribution in [0.5, 0.6) is 0 Å². The Morgan fingerprint density at radius 2 is 2.00 bits per heavy atom. The van der Waals surface area contributed by atoms with Gasteiger partial charge in [-0.05, 0) is 65.4 Å². The number of rotatable bonds is 9. The van der Waals surface area contributed by atoms with Crippen LogP contribution >= 0.6 is 0 Å². The number of carbonyl (C=O) groups is 1. The standard InChI is InChI=1S/C20H33N3O2/c1-6-23(7-2)14-10-12-17(5)21-20(25-8-3)22-19(24)18-13-9-11-16(4)15-18/h9,11,13,15,17H,6-8,10,12,14H2,1-5H3,(H,21,22,24). The number of benzene rings is 1. The van der Waals surface area contributed by atoms with Crippen LogP contribution in [0.2, 0.25) is 0 Å². The van der Waals surface area contributed by atoms with E-state index in [0.717, 1.165) is 38.0 Å². The van der Waals surface area contributed by atoms with Crippen molar-refractivity contribution in [3.63, 3.8) is 0 Å². The molecule has 0 saturated heterocycles. The van der Waals surface area contributed by atoms with Crippen molar-refractivity contribution in [2.75, 3.05) is 26.2 Å². The van der Waals surface area contributed by atoms with Crippen molar-refractivity contribution in [1.82, 2.24) is 10.2 Å². The van der Waals surface area contributed by atoms with Crippen LogP contribution in [0, 0.1) is 6.92 Å². The van der Waals surface area contributed by atoms with Crippen molar-refractivity contribution in [1.29, 1.82) is 0 Å². The minimum Gasteiger partial charge on any atom is -0.465 e. The average molecular weight is 348 g/mol. The predicted octanol–water partition coefficient (Wildman–Crippen LogP) is 3.63. The highest BCUT2D eigenvalue weighted by Crippen LogP contribution is 2.06. The fourth-order valence-corrected chi connectivity index (χ4v) is 2.61. The second-order valence-corrected chi connectivity index (χ2v) is 6.21. The summed E-state index contributed by atoms with van der Waals surface area (Å²) in [5, 5.41) is 2.79. The quantitative estimate of drug-likeness (QED) is 0.548. The number of nitrogens with zero attached hydrogens (tertiary/aromatic N) is 2. The van der Waals surface area contributed by atoms with Crippen LogP contribution in [0.1, 0.15) is 56.5 Å². The van der Waals surface area contributed by atoms with E-state index >= 15 is 0 Å². The smallest absolute Gasteiger partial charge is 0.291 e. The molecule has 140 valence electrons. The number of hydrogen-bond acceptors (Lipinski definition) is 4. The summed E-state index contributed by atoms with van der Waals surface area (Å²) >= 11 is 0. The minimum atomic E-state index is -0.189. The Morgan fingerprint density at radius 1 is 1.28 bits per heavy atom. The molecule has 1 amide bonds. The molecule has 1 unspecified atom stereocenters. The van der Waals surface area contributed by atoms with Crippen molar-refractivity contribution >= 4 is 11.9 Å². The van der Waals surface area contributed by atoms with Gasteiger partial charge < -0.3 is 9.64 Å². The Kier molecular flexibility index (Phi) is 9.85. The SMILES string of the molecule is CCOC(=NC(C)CCCN(CC)CC)NC(=O)c1cccc(C)c1. The first-order valence-electron chi connectivity index (χ1n) is 9.31. The van der Waals surface area contributed by atoms with Gasteiger partial charge in [0, 0.05) is 5.56 Å². The first kappa shape index (κ1) is 21.2. The number of amides is 1. The lowest BCUT2D eigenvalue weighted by atomic mass is 10.1. The summed E-state index contributed by atoms with van der Waals surface area (Å²) in [5.74, 6) is -0.189. The van der Waals surface area contributed by atoms with Crippen molar-refractivity contribution in [2.24, 2.45) is 4.99 Å². The number of nitrogens with one attached hydrogen (secondary N) is 1. The lowest BCUT2D eigenvalue weighted by molar-refractivity contribution is 0.0966. The molecule has 1 N–H and O–H groups in total. The Labute approximate surface area is 152 Å². The van der Waals surface area contributed by atoms with E-state index in [1.807, 2.05) is 32.0 Å². The molecule has 1 aromatic carbocycles. The van der Waals surface area contributed by atoms with Gasteiger partial charge >= 0.3 is 0 Å². The topological polar surface area (TPSA) is 53.9 Å². The van der Waals surface area contributed by atoms with Crippen LogP contribution in [0.3, 0.4) is 0 Å². The number of hydrogen-bond donors (Lipinski definition) is 1. The highest BCUT2D eigenvalue weighted by atomic mass is 16.5. The van der Waals surface area contributed by atoms with Gasteiger partial charge in [-0.3, -0.25) is 10.1 Å². The molecule has 0 aromatic heterocycles. The van der Waals surface area contributed by atoms with Gasteiger partial charge in [-0.2, -0.15) is 0 Å². The zero-order chi connectivity index (χ0) is 18.7. The van der Waals surface area contributed by atoms with E-state index in [2.05, 4.69) is 36.0 Å². The molecule has 1 rings (SSSR count). The van der Waals surface area contributed by atoms with E-state index in [1.165, 1.54) is 0 Å². The van der Waals surface area contributed by atoms with E-state index in [4.69, 9.17) is 4.74 Å². The highest BCUT2D eigenvalue weighted by Gasteiger charge is 2.11. The van der Waals surface area contributed by atoms with Crippen LogP contribution in [-0.2, 0) is 4.74 Å². The summed E-state index contributed by atoms with van der Waals surface area (Å²) in [5.41, 5.74) is 1.66. The average Bonchev–Trinajstić information content (AvgIpc) is 2.59. The van der Waals surface area contributed by atoms with E-state index in [-0.39, 0.29) is 11.9 Å². The Morgan fingerprint density at radius 3 is 2.60 bits per heavy atom. The minimum absolute atomic E-state index is 0.106. The molecule has 25 heavy (non-hydrogen) atoms. The van der Waals surface area contributed by atoms with E-state index < -0.39 is 0 Å². The third-order valence-corrected chi connectivity index (χ3v) is 4.11. The molecule has 0 bridgehead atoms. The third-order valence-electron chi connectivity index (χ3n) is 4.11. The second kappa shape index (κ2) is 11.6. The van der Waals surface area contributed by atoms with Crippen LogP contribution < -0.4 is 5.32 Å². The zero-order valence-corrected chi connectivity index (χ0v) is 16.3. The van der Waals surface area contributed by atoms with E-state index in [1.54, 1.807) is 6.07 Å². The van der Waals surface area contributed by atoms with Crippen molar-refractivity contribution in [3.8, 4) is 0 Å². The van der Waals surface area contributed by atoms with Crippen molar-refractivity contribution in [3.05, 3.63) is 35.4 Å². The number of ether oxygens (including phenoxy) is 1. The Bertz CT molecular complexity index is 554. The van der Waals surface area contributed by atoms with Crippen molar-refractivity contribution < 1.29 is 9.53 Å². The first-order chi connectivity index (χ1) is 12.0. The highest BCUT2D eigenvalue weighted by molar-refractivity contribution is 6.04. The lowest BCUT2D eigenvalue weighted by Crippen LogP contribution is -2.33. The van der Waals surface area contributed by atoms with Gasteiger partial charge in [0.05, 0.1) is 12.6 Å². The molecule has 1 aromatic rings. The zero-order valence-electron chi connectivity index (χ0n) is 16.3. The molecule has 0 spiro atoms. The van der Waals surface area contributed by atoms with Gasteiger partial charge in [0.1, 0.15) is 0 Å². The van der Waals surface area contributed by atoms with Crippen LogP contribution in [0.15, 0.2) is 29.3 Å². The molecule has 5 nitrogen and oxygen atoms in total. The molecule has 0 aliphatic carbocycles. The van der Waals surface area contributed by atoms with Gasteiger partial charge in [-0.15, -0.1) is 0 Å². The summed E-state index contributed by atoms with van der Waals surface area (Å²) in [7, 11) is 0. The first-order valence-corrected chi connectivity index (χ1v) is 9.31. The van der Waals surface area contributed by atoms with Gasteiger partial charge in [0.25, 0.3) is 11.9 Å². The Balaban J connectivity index is 2.61. The number of carbonyl (C=O) groups excluding carboxylic acids is 1. The molecular weight excluding hydrogens is 314 g/mol. The summed E-state index contributed by atoms with van der Waals surface area (Å²) in [6, 6.07) is 7.90. The molecule has 0 aliphatic heterocycles. The maximum absolute atomic E-state index is 12.4. The molecule has 0 radical (unpaired) electrons. The molecule has 0 heterocycles. The van der Waals surface area contributed by atoms with Crippen LogP contribution in [0.25, 0.3) is 0 Å². The molecule has 0 fully saturated rings. The second-order valence-electron chi connectivity index (χ2n) is 6.21. The van der Waals surface area contributed by atoms with E-state index in [0.29, 0.717) is 18.2 Å². The maximum Gasteiger partial charge on any atom is 0.291 e. The Hall–Kier alpha value is -1.88. The largest absolute Gasteiger partial charge is 0.465 e. The lowest BCUT2D eigenvalue weighted by Gasteiger charge is -2.18. The maximum atomic E-state index is 12.4. The number of aryl methyl sites for hydroxylation is 1. The normalized spacial score (nSPS) is 13.0. The fourth-order valence-electron chi connectivity index (χ4n) is 2.61. The summed E-state index contributed by atoms with van der Waals surface area (Å²) in [6.07, 6.45) is 2.05. The predicted molar refractivity (Wildman–Crippen MR) is 104 cm³/mol. The molecule has 1 atom stereocenters.